The summed E-state index contributed by atoms with van der Waals surface area (Å²) in [6, 6.07) is 6.08. The number of rotatable bonds is 5. The lowest BCUT2D eigenvalue weighted by Gasteiger charge is -2.11. The number of aryl methyl sites for hydroxylation is 1. The summed E-state index contributed by atoms with van der Waals surface area (Å²) in [6.07, 6.45) is 1.52. The van der Waals surface area contributed by atoms with Gasteiger partial charge in [0, 0.05) is 31.6 Å². The van der Waals surface area contributed by atoms with Crippen LogP contribution >= 0.6 is 0 Å². The third kappa shape index (κ3) is 4.09. The van der Waals surface area contributed by atoms with Crippen LogP contribution in [0.1, 0.15) is 54.4 Å². The normalized spacial score (nSPS) is 16.2. The van der Waals surface area contributed by atoms with E-state index in [1.807, 2.05) is 25.8 Å². The number of anilines is 1. The summed E-state index contributed by atoms with van der Waals surface area (Å²) in [4.78, 5) is 14.6. The van der Waals surface area contributed by atoms with Crippen molar-refractivity contribution in [3.8, 4) is 0 Å². The Morgan fingerprint density at radius 3 is 2.75 bits per heavy atom. The largest absolute Gasteiger partial charge is 0.362 e. The van der Waals surface area contributed by atoms with Gasteiger partial charge in [-0.25, -0.2) is 0 Å². The number of likely N-dealkylation sites (tertiary alicyclic amines) is 1. The minimum atomic E-state index is -3.85. The molecule has 1 amide bonds. The highest BCUT2D eigenvalue weighted by Gasteiger charge is 2.24. The molecule has 9 heteroatoms. The first-order chi connectivity index (χ1) is 13.2. The molecule has 1 saturated heterocycles. The number of hydrogen-bond donors (Lipinski definition) is 1. The van der Waals surface area contributed by atoms with Crippen molar-refractivity contribution in [3.05, 3.63) is 41.3 Å². The van der Waals surface area contributed by atoms with Crippen molar-refractivity contribution in [2.45, 2.75) is 44.4 Å². The molecule has 0 radical (unpaired) electrons. The average Bonchev–Trinajstić information content (AvgIpc) is 3.20. The fourth-order valence-electron chi connectivity index (χ4n) is 3.09. The standard InChI is InChI=1S/C19H24N4O4S/c1-12(2)18-17(13(3)21-27-18)19(24)20-14-7-5-8-15(11-14)28(25,26)22-16-9-6-10-23(16)4/h5,7-8,11-12H,6,9-10H2,1-4H3,(H,20,24)/b22-16-. The predicted molar refractivity (Wildman–Crippen MR) is 106 cm³/mol. The molecular formula is C19H24N4O4S. The minimum absolute atomic E-state index is 0.00659. The highest BCUT2D eigenvalue weighted by atomic mass is 32.2. The van der Waals surface area contributed by atoms with E-state index in [9.17, 15) is 13.2 Å². The summed E-state index contributed by atoms with van der Waals surface area (Å²) in [5.74, 6) is 0.650. The Kier molecular flexibility index (Phi) is 5.55. The van der Waals surface area contributed by atoms with E-state index in [1.54, 1.807) is 19.1 Å². The molecule has 0 spiro atoms. The fraction of sp³-hybridized carbons (Fsp3) is 0.421. The Balaban J connectivity index is 1.86. The number of hydrogen-bond acceptors (Lipinski definition) is 5. The van der Waals surface area contributed by atoms with Crippen LogP contribution in [0.15, 0.2) is 38.1 Å². The molecule has 2 heterocycles. The Labute approximate surface area is 164 Å². The van der Waals surface area contributed by atoms with Gasteiger partial charge in [-0.1, -0.05) is 25.1 Å². The van der Waals surface area contributed by atoms with Crippen molar-refractivity contribution in [2.24, 2.45) is 4.40 Å². The summed E-state index contributed by atoms with van der Waals surface area (Å²) in [5.41, 5.74) is 1.22. The first-order valence-corrected chi connectivity index (χ1v) is 10.6. The van der Waals surface area contributed by atoms with Crippen molar-refractivity contribution in [1.82, 2.24) is 10.1 Å². The van der Waals surface area contributed by atoms with Crippen molar-refractivity contribution >= 4 is 27.5 Å². The van der Waals surface area contributed by atoms with E-state index in [0.717, 1.165) is 13.0 Å². The number of carbonyl (C=O) groups is 1. The number of benzene rings is 1. The number of sulfonamides is 1. The topological polar surface area (TPSA) is 105 Å². The van der Waals surface area contributed by atoms with Gasteiger partial charge in [0.15, 0.2) is 5.76 Å². The van der Waals surface area contributed by atoms with Gasteiger partial charge in [-0.15, -0.1) is 4.40 Å². The minimum Gasteiger partial charge on any atom is -0.362 e. The lowest BCUT2D eigenvalue weighted by molar-refractivity contribution is 0.102. The molecule has 0 atom stereocenters. The molecule has 0 bridgehead atoms. The summed E-state index contributed by atoms with van der Waals surface area (Å²) in [7, 11) is -2.03. The molecule has 0 aliphatic carbocycles. The monoisotopic (exact) mass is 404 g/mol. The van der Waals surface area contributed by atoms with E-state index < -0.39 is 10.0 Å². The zero-order valence-electron chi connectivity index (χ0n) is 16.4. The van der Waals surface area contributed by atoms with Gasteiger partial charge in [-0.2, -0.15) is 8.42 Å². The lowest BCUT2D eigenvalue weighted by Crippen LogP contribution is -2.20. The van der Waals surface area contributed by atoms with Crippen molar-refractivity contribution < 1.29 is 17.7 Å². The molecule has 1 N–H and O–H groups in total. The van der Waals surface area contributed by atoms with Crippen molar-refractivity contribution in [3.63, 3.8) is 0 Å². The van der Waals surface area contributed by atoms with Crippen LogP contribution in [0.4, 0.5) is 5.69 Å². The first kappa shape index (κ1) is 20.1. The van der Waals surface area contributed by atoms with E-state index in [4.69, 9.17) is 4.52 Å². The van der Waals surface area contributed by atoms with Gasteiger partial charge >= 0.3 is 0 Å². The van der Waals surface area contributed by atoms with E-state index in [1.165, 1.54) is 12.1 Å². The van der Waals surface area contributed by atoms with Crippen LogP contribution < -0.4 is 5.32 Å². The molecule has 2 aromatic rings. The number of amides is 1. The zero-order valence-corrected chi connectivity index (χ0v) is 17.2. The number of carbonyl (C=O) groups excluding carboxylic acids is 1. The van der Waals surface area contributed by atoms with E-state index in [0.29, 0.717) is 35.0 Å². The Morgan fingerprint density at radius 1 is 1.36 bits per heavy atom. The summed E-state index contributed by atoms with van der Waals surface area (Å²) >= 11 is 0. The maximum absolute atomic E-state index is 12.7. The summed E-state index contributed by atoms with van der Waals surface area (Å²) in [5, 5.41) is 6.60. The van der Waals surface area contributed by atoms with Crippen LogP contribution in [0.25, 0.3) is 0 Å². The van der Waals surface area contributed by atoms with Gasteiger partial charge in [-0.3, -0.25) is 4.79 Å². The number of aromatic nitrogens is 1. The molecule has 1 aliphatic heterocycles. The van der Waals surface area contributed by atoms with Crippen LogP contribution in [0.5, 0.6) is 0 Å². The Morgan fingerprint density at radius 2 is 2.11 bits per heavy atom. The van der Waals surface area contributed by atoms with Gasteiger partial charge in [0.2, 0.25) is 0 Å². The molecule has 1 aliphatic rings. The van der Waals surface area contributed by atoms with Gasteiger partial charge in [0.25, 0.3) is 15.9 Å². The van der Waals surface area contributed by atoms with Crippen molar-refractivity contribution in [1.29, 1.82) is 0 Å². The molecule has 1 aromatic carbocycles. The predicted octanol–water partition coefficient (Wildman–Crippen LogP) is 3.17. The van der Waals surface area contributed by atoms with Crippen LogP contribution in [0.2, 0.25) is 0 Å². The molecule has 1 fully saturated rings. The molecule has 150 valence electrons. The second-order valence-electron chi connectivity index (χ2n) is 7.15. The van der Waals surface area contributed by atoms with E-state index in [2.05, 4.69) is 14.9 Å². The fourth-order valence-corrected chi connectivity index (χ4v) is 4.23. The molecule has 0 unspecified atom stereocenters. The highest BCUT2D eigenvalue weighted by Crippen LogP contribution is 2.25. The Bertz CT molecular complexity index is 1020. The molecule has 1 aromatic heterocycles. The van der Waals surface area contributed by atoms with Crippen molar-refractivity contribution in [2.75, 3.05) is 18.9 Å². The molecule has 3 rings (SSSR count). The molecule has 8 nitrogen and oxygen atoms in total. The van der Waals surface area contributed by atoms with Gasteiger partial charge in [0.05, 0.1) is 10.6 Å². The maximum Gasteiger partial charge on any atom is 0.284 e. The molecule has 28 heavy (non-hydrogen) atoms. The van der Waals surface area contributed by atoms with E-state index in [-0.39, 0.29) is 16.7 Å². The van der Waals surface area contributed by atoms with Gasteiger partial charge < -0.3 is 14.7 Å². The number of amidine groups is 1. The second-order valence-corrected chi connectivity index (χ2v) is 8.76. The summed E-state index contributed by atoms with van der Waals surface area (Å²) < 4.78 is 34.5. The smallest absolute Gasteiger partial charge is 0.284 e. The van der Waals surface area contributed by atoms with Crippen LogP contribution in [-0.2, 0) is 10.0 Å². The van der Waals surface area contributed by atoms with Crippen LogP contribution in [0, 0.1) is 6.92 Å². The van der Waals surface area contributed by atoms with Gasteiger partial charge in [0.1, 0.15) is 11.4 Å². The summed E-state index contributed by atoms with van der Waals surface area (Å²) in [6.45, 7) is 6.30. The Hall–Kier alpha value is -2.68. The molecular weight excluding hydrogens is 380 g/mol. The highest BCUT2D eigenvalue weighted by molar-refractivity contribution is 7.90. The van der Waals surface area contributed by atoms with E-state index >= 15 is 0 Å². The molecule has 0 saturated carbocycles. The van der Waals surface area contributed by atoms with Gasteiger partial charge in [-0.05, 0) is 31.5 Å². The SMILES string of the molecule is Cc1noc(C(C)C)c1C(=O)Nc1cccc(S(=O)(=O)/N=C2/CCCN2C)c1. The quantitative estimate of drug-likeness (QED) is 0.821. The lowest BCUT2D eigenvalue weighted by atomic mass is 10.0. The third-order valence-corrected chi connectivity index (χ3v) is 5.89. The number of nitrogens with one attached hydrogen (secondary N) is 1. The average molecular weight is 404 g/mol. The zero-order chi connectivity index (χ0) is 20.5. The maximum atomic E-state index is 12.7. The van der Waals surface area contributed by atoms with Crippen LogP contribution in [-0.4, -0.2) is 43.8 Å². The number of nitrogens with zero attached hydrogens (tertiary/aromatic N) is 3. The first-order valence-electron chi connectivity index (χ1n) is 9.11. The van der Waals surface area contributed by atoms with Crippen LogP contribution in [0.3, 0.4) is 0 Å². The third-order valence-electron chi connectivity index (χ3n) is 4.59. The second kappa shape index (κ2) is 7.75.